The summed E-state index contributed by atoms with van der Waals surface area (Å²) in [6.07, 6.45) is 2.15. The van der Waals surface area contributed by atoms with Crippen LogP contribution in [0.5, 0.6) is 0 Å². The summed E-state index contributed by atoms with van der Waals surface area (Å²) in [4.78, 5) is -0.152. The first kappa shape index (κ1) is 22.8. The van der Waals surface area contributed by atoms with Crippen LogP contribution in [0, 0.1) is 0 Å². The maximum Gasteiger partial charge on any atom is 0.291 e. The zero-order valence-electron chi connectivity index (χ0n) is 17.1. The van der Waals surface area contributed by atoms with Crippen molar-refractivity contribution in [3.63, 3.8) is 0 Å². The minimum absolute atomic E-state index is 0.152. The molecule has 4 heterocycles. The Morgan fingerprint density at radius 3 is 2.70 bits per heavy atom. The summed E-state index contributed by atoms with van der Waals surface area (Å²) < 4.78 is 69.6. The van der Waals surface area contributed by atoms with Crippen molar-refractivity contribution in [1.29, 1.82) is 0 Å². The van der Waals surface area contributed by atoms with Crippen LogP contribution < -0.4 is 10.0 Å². The molecule has 33 heavy (non-hydrogen) atoms. The number of alkyl halides is 3. The van der Waals surface area contributed by atoms with Crippen molar-refractivity contribution in [2.45, 2.75) is 36.1 Å². The first-order chi connectivity index (χ1) is 15.7. The SMILES string of the molecule is O=S(=O)(NC1(CF)CC1)c1cc(Cl)c2c(C3=CCNCC3)cc(-c3nnc(C(F)F)s3)n2c1. The van der Waals surface area contributed by atoms with Crippen molar-refractivity contribution in [3.8, 4) is 10.7 Å². The minimum atomic E-state index is -4.08. The number of halogens is 4. The molecular formula is C20H19ClF3N5O2S2. The molecule has 1 fully saturated rings. The van der Waals surface area contributed by atoms with Crippen LogP contribution in [0.15, 0.2) is 29.3 Å². The Morgan fingerprint density at radius 2 is 2.09 bits per heavy atom. The fourth-order valence-corrected chi connectivity index (χ4v) is 6.42. The van der Waals surface area contributed by atoms with E-state index in [1.165, 1.54) is 12.3 Å². The molecule has 0 unspecified atom stereocenters. The van der Waals surface area contributed by atoms with Gasteiger partial charge in [-0.1, -0.05) is 29.0 Å². The Labute approximate surface area is 196 Å². The number of hydrogen-bond donors (Lipinski definition) is 2. The number of pyridine rings is 1. The van der Waals surface area contributed by atoms with E-state index >= 15 is 0 Å². The van der Waals surface area contributed by atoms with Gasteiger partial charge in [-0.25, -0.2) is 26.3 Å². The van der Waals surface area contributed by atoms with E-state index in [0.29, 0.717) is 37.0 Å². The first-order valence-corrected chi connectivity index (χ1v) is 12.9. The molecule has 3 aromatic heterocycles. The number of rotatable bonds is 7. The third-order valence-corrected chi connectivity index (χ3v) is 8.60. The van der Waals surface area contributed by atoms with E-state index in [0.717, 1.165) is 29.0 Å². The lowest BCUT2D eigenvalue weighted by atomic mass is 10.0. The highest BCUT2D eigenvalue weighted by Gasteiger charge is 2.46. The van der Waals surface area contributed by atoms with Crippen LogP contribution in [0.4, 0.5) is 13.2 Å². The van der Waals surface area contributed by atoms with Gasteiger partial charge in [-0.3, -0.25) is 0 Å². The summed E-state index contributed by atoms with van der Waals surface area (Å²) >= 11 is 7.32. The number of nitrogens with one attached hydrogen (secondary N) is 2. The normalized spacial score (nSPS) is 18.2. The molecule has 2 aliphatic rings. The molecule has 0 spiro atoms. The lowest BCUT2D eigenvalue weighted by Crippen LogP contribution is -2.38. The molecule has 3 aromatic rings. The van der Waals surface area contributed by atoms with Gasteiger partial charge in [0.15, 0.2) is 10.0 Å². The predicted octanol–water partition coefficient (Wildman–Crippen LogP) is 4.21. The van der Waals surface area contributed by atoms with Crippen LogP contribution in [-0.4, -0.2) is 48.3 Å². The van der Waals surface area contributed by atoms with Crippen LogP contribution in [0.25, 0.3) is 21.8 Å². The zero-order chi connectivity index (χ0) is 23.4. The summed E-state index contributed by atoms with van der Waals surface area (Å²) in [5.74, 6) is 0. The molecule has 2 N–H and O–H groups in total. The van der Waals surface area contributed by atoms with Gasteiger partial charge in [0, 0.05) is 18.3 Å². The number of aromatic nitrogens is 3. The lowest BCUT2D eigenvalue weighted by Gasteiger charge is -2.16. The second-order valence-electron chi connectivity index (χ2n) is 8.13. The van der Waals surface area contributed by atoms with E-state index < -0.39 is 33.7 Å². The number of fused-ring (bicyclic) bond motifs is 1. The summed E-state index contributed by atoms with van der Waals surface area (Å²) in [5, 5.41) is 10.6. The van der Waals surface area contributed by atoms with Gasteiger partial charge in [0.25, 0.3) is 6.43 Å². The maximum absolute atomic E-state index is 13.3. The van der Waals surface area contributed by atoms with Gasteiger partial charge in [-0.05, 0) is 43.5 Å². The number of sulfonamides is 1. The van der Waals surface area contributed by atoms with Gasteiger partial charge in [0.2, 0.25) is 10.0 Å². The topological polar surface area (TPSA) is 88.4 Å². The fraction of sp³-hybridized carbons (Fsp3) is 0.400. The van der Waals surface area contributed by atoms with Crippen molar-refractivity contribution in [1.82, 2.24) is 24.6 Å². The molecule has 0 radical (unpaired) electrons. The van der Waals surface area contributed by atoms with E-state index in [-0.39, 0.29) is 14.9 Å². The molecule has 0 bridgehead atoms. The molecule has 0 saturated heterocycles. The molecule has 0 amide bonds. The van der Waals surface area contributed by atoms with Gasteiger partial charge >= 0.3 is 0 Å². The molecule has 0 aromatic carbocycles. The highest BCUT2D eigenvalue weighted by Crippen LogP contribution is 2.40. The fourth-order valence-electron chi connectivity index (χ4n) is 3.87. The van der Waals surface area contributed by atoms with Gasteiger partial charge in [0.05, 0.1) is 21.8 Å². The molecule has 1 aliphatic heterocycles. The van der Waals surface area contributed by atoms with Crippen molar-refractivity contribution in [3.05, 3.63) is 40.0 Å². The van der Waals surface area contributed by atoms with Gasteiger partial charge in [0.1, 0.15) is 11.6 Å². The monoisotopic (exact) mass is 517 g/mol. The molecule has 0 atom stereocenters. The third kappa shape index (κ3) is 4.18. The van der Waals surface area contributed by atoms with Crippen molar-refractivity contribution in [2.24, 2.45) is 0 Å². The largest absolute Gasteiger partial charge is 0.313 e. The molecule has 13 heteroatoms. The van der Waals surface area contributed by atoms with Crippen molar-refractivity contribution >= 4 is 44.1 Å². The van der Waals surface area contributed by atoms with E-state index in [4.69, 9.17) is 11.6 Å². The van der Waals surface area contributed by atoms with Gasteiger partial charge in [-0.2, -0.15) is 0 Å². The molecular weight excluding hydrogens is 499 g/mol. The highest BCUT2D eigenvalue weighted by molar-refractivity contribution is 7.89. The summed E-state index contributed by atoms with van der Waals surface area (Å²) in [6, 6.07) is 3.09. The van der Waals surface area contributed by atoms with Crippen LogP contribution in [0.3, 0.4) is 0 Å². The second-order valence-corrected chi connectivity index (χ2v) is 11.2. The average molecular weight is 518 g/mol. The molecule has 176 valence electrons. The maximum atomic E-state index is 13.3. The zero-order valence-corrected chi connectivity index (χ0v) is 19.5. The highest BCUT2D eigenvalue weighted by atomic mass is 35.5. The lowest BCUT2D eigenvalue weighted by molar-refractivity contribution is 0.150. The molecule has 1 saturated carbocycles. The Balaban J connectivity index is 1.70. The smallest absolute Gasteiger partial charge is 0.291 e. The van der Waals surface area contributed by atoms with Crippen LogP contribution in [0.2, 0.25) is 5.02 Å². The average Bonchev–Trinajstić information content (AvgIpc) is 3.21. The quantitative estimate of drug-likeness (QED) is 0.490. The van der Waals surface area contributed by atoms with E-state index in [1.54, 1.807) is 10.5 Å². The first-order valence-electron chi connectivity index (χ1n) is 10.2. The predicted molar refractivity (Wildman–Crippen MR) is 120 cm³/mol. The van der Waals surface area contributed by atoms with E-state index in [9.17, 15) is 21.6 Å². The number of nitrogens with zero attached hydrogens (tertiary/aromatic N) is 3. The Hall–Kier alpha value is -1.99. The Kier molecular flexibility index (Phi) is 5.76. The van der Waals surface area contributed by atoms with Crippen molar-refractivity contribution in [2.75, 3.05) is 19.8 Å². The molecule has 7 nitrogen and oxygen atoms in total. The van der Waals surface area contributed by atoms with Gasteiger partial charge < -0.3 is 9.72 Å². The Bertz CT molecular complexity index is 1370. The molecule has 1 aliphatic carbocycles. The number of hydrogen-bond acceptors (Lipinski definition) is 6. The second kappa shape index (κ2) is 8.35. The standard InChI is InChI=1S/C20H19ClF3N5O2S2/c21-14-7-12(33(30,31)28-20(10-22)3-4-20)9-29-15(18-26-27-19(32-18)17(23)24)8-13(16(14)29)11-1-5-25-6-2-11/h1,7-9,17,25,28H,2-6,10H2. The van der Waals surface area contributed by atoms with Crippen LogP contribution in [0.1, 0.15) is 36.3 Å². The molecule has 5 rings (SSSR count). The summed E-state index contributed by atoms with van der Waals surface area (Å²) in [7, 11) is -4.08. The summed E-state index contributed by atoms with van der Waals surface area (Å²) in [6.45, 7) is 0.617. The van der Waals surface area contributed by atoms with Gasteiger partial charge in [-0.15, -0.1) is 10.2 Å². The van der Waals surface area contributed by atoms with E-state index in [2.05, 4.69) is 20.2 Å². The van der Waals surface area contributed by atoms with Crippen LogP contribution in [-0.2, 0) is 10.0 Å². The van der Waals surface area contributed by atoms with E-state index in [1.807, 2.05) is 6.08 Å². The Morgan fingerprint density at radius 1 is 1.30 bits per heavy atom. The third-order valence-electron chi connectivity index (χ3n) is 5.81. The minimum Gasteiger partial charge on any atom is -0.313 e. The van der Waals surface area contributed by atoms with Crippen molar-refractivity contribution < 1.29 is 21.6 Å². The summed E-state index contributed by atoms with van der Waals surface area (Å²) in [5.41, 5.74) is 1.63. The van der Waals surface area contributed by atoms with Crippen LogP contribution >= 0.6 is 22.9 Å².